The number of benzene rings is 5. The van der Waals surface area contributed by atoms with Crippen LogP contribution in [0.1, 0.15) is 92.0 Å². The Bertz CT molecular complexity index is 3940. The molecule has 13 N–H and O–H groups in total. The molecule has 0 aromatic heterocycles. The average molecular weight is 1530 g/mol. The molecule has 32 heteroatoms. The molecule has 8 unspecified atom stereocenters. The Hall–Kier alpha value is -10.4. The van der Waals surface area contributed by atoms with Gasteiger partial charge in [0.2, 0.25) is 65.0 Å². The number of quaternary nitrogens is 1. The third kappa shape index (κ3) is 32.4. The summed E-state index contributed by atoms with van der Waals surface area (Å²) in [5, 5.41) is 42.6. The van der Waals surface area contributed by atoms with E-state index in [4.69, 9.17) is 10.8 Å². The minimum atomic E-state index is -4.44. The summed E-state index contributed by atoms with van der Waals surface area (Å²) in [5.74, 6) is -10.2. The molecule has 6 rings (SSSR count). The van der Waals surface area contributed by atoms with E-state index in [-0.39, 0.29) is 119 Å². The van der Waals surface area contributed by atoms with Gasteiger partial charge in [0.25, 0.3) is 0 Å². The molecule has 1 fully saturated rings. The summed E-state index contributed by atoms with van der Waals surface area (Å²) >= 11 is 0.998. The van der Waals surface area contributed by atoms with E-state index in [0.29, 0.717) is 53.7 Å². The molecule has 5 aromatic carbocycles. The molecule has 30 nitrogen and oxygen atoms in total. The van der Waals surface area contributed by atoms with Crippen LogP contribution in [-0.2, 0) is 105 Å². The third-order valence-electron chi connectivity index (χ3n) is 17.7. The molecular formula is C76H98N12O18S2. The minimum Gasteiger partial charge on any atom is -0.748 e. The number of aliphatic carboxylic acids is 2. The van der Waals surface area contributed by atoms with Gasteiger partial charge in [-0.25, -0.2) is 13.2 Å². The maximum absolute atomic E-state index is 15.0. The fourth-order valence-electron chi connectivity index (χ4n) is 11.8. The van der Waals surface area contributed by atoms with Crippen molar-refractivity contribution in [2.75, 3.05) is 64.9 Å². The number of likely N-dealkylation sites (N-methyl/N-ethyl adjacent to an activating group) is 1. The smallest absolute Gasteiger partial charge is 0.326 e. The van der Waals surface area contributed by atoms with E-state index in [9.17, 15) is 80.4 Å². The van der Waals surface area contributed by atoms with Gasteiger partial charge in [0.15, 0.2) is 0 Å². The number of likely N-dealkylation sites (tertiary alicyclic amines) is 1. The highest BCUT2D eigenvalue weighted by atomic mass is 32.2. The lowest BCUT2D eigenvalue weighted by atomic mass is 10.00. The van der Waals surface area contributed by atoms with Crippen LogP contribution in [-0.4, -0.2) is 222 Å². The molecule has 1 saturated heterocycles. The molecule has 0 bridgehead atoms. The molecular weight excluding hydrogens is 1430 g/mol. The fraction of sp³-hybridized carbons (Fsp3) is 0.434. The molecule has 0 saturated carbocycles. The van der Waals surface area contributed by atoms with Crippen molar-refractivity contribution >= 4 is 98.8 Å². The van der Waals surface area contributed by atoms with E-state index in [1.54, 1.807) is 166 Å². The van der Waals surface area contributed by atoms with Crippen molar-refractivity contribution in [2.24, 2.45) is 5.73 Å². The van der Waals surface area contributed by atoms with Crippen molar-refractivity contribution in [1.82, 2.24) is 52.8 Å². The topological polar surface area (TPSA) is 457 Å². The maximum atomic E-state index is 15.0. The maximum Gasteiger partial charge on any atom is 0.326 e. The Balaban J connectivity index is 1.09. The zero-order chi connectivity index (χ0) is 78.6. The summed E-state index contributed by atoms with van der Waals surface area (Å²) < 4.78 is 34.0. The molecule has 11 amide bonds. The molecule has 0 radical (unpaired) electrons. The number of hydrogen-bond donors (Lipinski definition) is 12. The summed E-state index contributed by atoms with van der Waals surface area (Å²) in [5.41, 5.74) is 8.99. The van der Waals surface area contributed by atoms with E-state index in [1.165, 1.54) is 0 Å². The fourth-order valence-corrected chi connectivity index (χ4v) is 13.4. The van der Waals surface area contributed by atoms with Crippen LogP contribution in [0.2, 0.25) is 0 Å². The lowest BCUT2D eigenvalue weighted by molar-refractivity contribution is -0.889. The number of imide groups is 1. The molecule has 1 heterocycles. The lowest BCUT2D eigenvalue weighted by Gasteiger charge is -2.30. The molecule has 108 heavy (non-hydrogen) atoms. The number of carbonyl (C=O) groups is 13. The second-order valence-electron chi connectivity index (χ2n) is 27.0. The van der Waals surface area contributed by atoms with E-state index in [2.05, 4.69) is 47.9 Å². The number of unbranched alkanes of at least 4 members (excludes halogenated alkanes) is 1. The van der Waals surface area contributed by atoms with Gasteiger partial charge in [0.1, 0.15) is 42.8 Å². The van der Waals surface area contributed by atoms with E-state index in [1.807, 2.05) is 0 Å². The largest absolute Gasteiger partial charge is 0.748 e. The summed E-state index contributed by atoms with van der Waals surface area (Å²) in [6.45, 7) is 0.230. The first-order valence-corrected chi connectivity index (χ1v) is 38.4. The van der Waals surface area contributed by atoms with Crippen molar-refractivity contribution in [3.05, 3.63) is 179 Å². The summed E-state index contributed by atoms with van der Waals surface area (Å²) in [4.78, 5) is 175. The predicted octanol–water partition coefficient (Wildman–Crippen LogP) is 0.947. The van der Waals surface area contributed by atoms with Gasteiger partial charge >= 0.3 is 11.9 Å². The van der Waals surface area contributed by atoms with Crippen LogP contribution in [0.15, 0.2) is 152 Å². The Morgan fingerprint density at radius 3 is 1.32 bits per heavy atom. The van der Waals surface area contributed by atoms with Crippen molar-refractivity contribution in [3.63, 3.8) is 0 Å². The van der Waals surface area contributed by atoms with Crippen molar-refractivity contribution in [2.45, 2.75) is 144 Å². The van der Waals surface area contributed by atoms with Gasteiger partial charge in [0, 0.05) is 88.8 Å². The zero-order valence-electron chi connectivity index (χ0n) is 60.5. The number of carbonyl (C=O) groups excluding carboxylic acids is 11. The zero-order valence-corrected chi connectivity index (χ0v) is 62.2. The molecule has 8 atom stereocenters. The van der Waals surface area contributed by atoms with Crippen LogP contribution in [0.5, 0.6) is 0 Å². The number of rotatable bonds is 48. The van der Waals surface area contributed by atoms with Crippen LogP contribution in [0.25, 0.3) is 0 Å². The molecule has 1 aliphatic heterocycles. The molecule has 1 aliphatic rings. The highest BCUT2D eigenvalue weighted by Crippen LogP contribution is 2.26. The van der Waals surface area contributed by atoms with Crippen LogP contribution < -0.4 is 53.6 Å². The van der Waals surface area contributed by atoms with E-state index >= 15 is 0 Å². The normalized spacial score (nSPS) is 14.8. The minimum absolute atomic E-state index is 0.0400. The van der Waals surface area contributed by atoms with Crippen LogP contribution in [0.3, 0.4) is 0 Å². The Morgan fingerprint density at radius 2 is 0.898 bits per heavy atom. The molecule has 582 valence electrons. The third-order valence-corrected chi connectivity index (χ3v) is 19.8. The SMILES string of the molecule is C[N+](C)(CCCS(=O)(=O)[O-])CCNC(=O)C(CCCCNC(=O)CCCN1C(=O)CC(SCC(N)C(=O)NCC(=O)O)C1=O)NC(=O)CCCC(=O)NC(Cc1ccccc1)C(=O)NC(Cc1ccccc1)C(=O)NC(Cc1ccccc1)C(=O)NC(Cc1ccccc1)C(=O)NC(Cc1ccccc1)C(=O)O. The van der Waals surface area contributed by atoms with Crippen molar-refractivity contribution in [1.29, 1.82) is 0 Å². The molecule has 0 spiro atoms. The highest BCUT2D eigenvalue weighted by Gasteiger charge is 2.40. The summed E-state index contributed by atoms with van der Waals surface area (Å²) in [6, 6.07) is 34.7. The number of thioether (sulfide) groups is 1. The van der Waals surface area contributed by atoms with Gasteiger partial charge in [0.05, 0.1) is 55.1 Å². The van der Waals surface area contributed by atoms with Gasteiger partial charge in [-0.1, -0.05) is 152 Å². The number of nitrogens with two attached hydrogens (primary N) is 1. The first kappa shape index (κ1) is 86.5. The Labute approximate surface area is 632 Å². The van der Waals surface area contributed by atoms with E-state index in [0.717, 1.165) is 16.7 Å². The quantitative estimate of drug-likeness (QED) is 0.0112. The monoisotopic (exact) mass is 1530 g/mol. The summed E-state index contributed by atoms with van der Waals surface area (Å²) in [7, 11) is -0.848. The number of nitrogens with zero attached hydrogens (tertiary/aromatic N) is 2. The van der Waals surface area contributed by atoms with Crippen LogP contribution >= 0.6 is 11.8 Å². The predicted molar refractivity (Wildman–Crippen MR) is 400 cm³/mol. The molecule has 5 aromatic rings. The number of amides is 11. The second-order valence-corrected chi connectivity index (χ2v) is 29.8. The first-order chi connectivity index (χ1) is 51.5. The van der Waals surface area contributed by atoms with Gasteiger partial charge in [-0.3, -0.25) is 62.4 Å². The Kier molecular flexibility index (Phi) is 35.8. The second kappa shape index (κ2) is 44.7. The number of nitrogens with one attached hydrogen (secondary N) is 9. The Morgan fingerprint density at radius 1 is 0.491 bits per heavy atom. The van der Waals surface area contributed by atoms with Crippen LogP contribution in [0.4, 0.5) is 0 Å². The van der Waals surface area contributed by atoms with Crippen LogP contribution in [0, 0.1) is 0 Å². The number of carboxylic acid groups (broad SMARTS) is 2. The summed E-state index contributed by atoms with van der Waals surface area (Å²) in [6.07, 6.45) is -0.113. The van der Waals surface area contributed by atoms with E-state index < -0.39 is 141 Å². The number of carboxylic acids is 2. The standard InChI is InChI=1S/C76H98N12O18S2/c1-88(2,40-22-42-108(104,105)106)41-38-79-70(96)57(33-18-19-37-78-64(89)36-21-39-87-67(92)48-63(75(87)101)107-50-56(77)69(95)80-49-68(93)94)81-65(90)34-20-35-66(91)82-58(43-51-23-8-3-9-24-51)71(97)83-59(44-52-25-10-4-11-26-52)72(98)84-60(45-53-27-12-5-13-28-53)73(99)85-61(46-54-29-14-6-15-30-54)74(100)86-62(76(102)103)47-55-31-16-7-17-32-55/h3-17,23-32,56-63H,18-22,33-50,77H2,1-2H3,(H11-,78,79,80,81,82,83,84,85,86,89,90,91,93,94,95,96,97,98,99,100,102,103,104,105,106). The van der Waals surface area contributed by atoms with Gasteiger partial charge in [-0.2, -0.15) is 0 Å². The van der Waals surface area contributed by atoms with Gasteiger partial charge < -0.3 is 72.8 Å². The van der Waals surface area contributed by atoms with Crippen molar-refractivity contribution < 1.29 is 90.0 Å². The average Bonchev–Trinajstić information content (AvgIpc) is 1.60. The molecule has 0 aliphatic carbocycles. The van der Waals surface area contributed by atoms with Gasteiger partial charge in [-0.05, 0) is 59.9 Å². The van der Waals surface area contributed by atoms with Crippen molar-refractivity contribution in [3.8, 4) is 0 Å². The highest BCUT2D eigenvalue weighted by molar-refractivity contribution is 8.00. The first-order valence-electron chi connectivity index (χ1n) is 35.7. The lowest BCUT2D eigenvalue weighted by Crippen LogP contribution is -2.60. The van der Waals surface area contributed by atoms with Gasteiger partial charge in [-0.15, -0.1) is 11.8 Å². The number of hydrogen-bond acceptors (Lipinski definition) is 18.